The van der Waals surface area contributed by atoms with Crippen LogP contribution in [0.4, 0.5) is 38.0 Å². The summed E-state index contributed by atoms with van der Waals surface area (Å²) in [5, 5.41) is 23.4. The van der Waals surface area contributed by atoms with Gasteiger partial charge in [-0.2, -0.15) is 16.7 Å². The molecule has 24 heteroatoms. The van der Waals surface area contributed by atoms with Gasteiger partial charge in [0.1, 0.15) is 11.5 Å². The lowest BCUT2D eigenvalue weighted by Gasteiger charge is -2.18. The van der Waals surface area contributed by atoms with E-state index in [1.54, 1.807) is 79.8 Å². The van der Waals surface area contributed by atoms with Crippen LogP contribution in [-0.4, -0.2) is 160 Å². The van der Waals surface area contributed by atoms with Crippen LogP contribution < -0.4 is 47.3 Å². The van der Waals surface area contributed by atoms with Gasteiger partial charge in [-0.05, 0) is 98.8 Å². The highest BCUT2D eigenvalue weighted by Gasteiger charge is 2.42. The molecule has 0 spiro atoms. The molecule has 79 heavy (non-hydrogen) atoms. The molecule has 2 fully saturated rings. The Hall–Kier alpha value is -7.38. The van der Waals surface area contributed by atoms with Crippen molar-refractivity contribution in [2.24, 2.45) is 0 Å². The Morgan fingerprint density at radius 2 is 1.37 bits per heavy atom. The van der Waals surface area contributed by atoms with E-state index in [1.165, 1.54) is 4.90 Å². The Labute approximate surface area is 463 Å². The third-order valence-electron chi connectivity index (χ3n) is 12.2. The predicted molar refractivity (Wildman–Crippen MR) is 298 cm³/mol. The molecule has 7 amide bonds. The molecule has 3 heterocycles. The third kappa shape index (κ3) is 22.5. The lowest BCUT2D eigenvalue weighted by Crippen LogP contribution is -2.37. The number of nitrogens with one attached hydrogen (secondary N) is 8. The predicted octanol–water partition coefficient (Wildman–Crippen LogP) is 5.79. The summed E-state index contributed by atoms with van der Waals surface area (Å²) in [7, 11) is 1.67. The van der Waals surface area contributed by atoms with E-state index in [1.807, 2.05) is 11.8 Å². The summed E-state index contributed by atoms with van der Waals surface area (Å²) in [6, 6.07) is 20.7. The molecule has 0 saturated carbocycles. The maximum Gasteiger partial charge on any atom is 0.315 e. The number of urea groups is 1. The maximum absolute atomic E-state index is 14.6. The van der Waals surface area contributed by atoms with Gasteiger partial charge in [0.2, 0.25) is 29.6 Å². The Bertz CT molecular complexity index is 2620. The average molecular weight is 1110 g/mol. The van der Waals surface area contributed by atoms with Crippen molar-refractivity contribution in [1.29, 1.82) is 0 Å². The summed E-state index contributed by atoms with van der Waals surface area (Å²) in [6.45, 7) is 8.34. The minimum atomic E-state index is -0.674. The zero-order valence-corrected chi connectivity index (χ0v) is 45.3. The number of ether oxygens (including phenoxy) is 5. The summed E-state index contributed by atoms with van der Waals surface area (Å²) >= 11 is 1.85. The summed E-state index contributed by atoms with van der Waals surface area (Å²) < 4.78 is 43.0. The van der Waals surface area contributed by atoms with Crippen molar-refractivity contribution < 1.29 is 56.8 Å². The second kappa shape index (κ2) is 33.8. The van der Waals surface area contributed by atoms with Crippen molar-refractivity contribution in [1.82, 2.24) is 41.5 Å². The van der Waals surface area contributed by atoms with Crippen LogP contribution in [0.2, 0.25) is 0 Å². The van der Waals surface area contributed by atoms with Crippen LogP contribution in [0.25, 0.3) is 0 Å². The van der Waals surface area contributed by atoms with Gasteiger partial charge >= 0.3 is 6.03 Å². The van der Waals surface area contributed by atoms with Gasteiger partial charge in [-0.25, -0.2) is 14.2 Å². The largest absolute Gasteiger partial charge is 0.457 e. The van der Waals surface area contributed by atoms with E-state index < -0.39 is 5.82 Å². The number of hydrogen-bond acceptors (Lipinski definition) is 16. The van der Waals surface area contributed by atoms with Crippen molar-refractivity contribution in [3.63, 3.8) is 0 Å². The molecule has 426 valence electrons. The van der Waals surface area contributed by atoms with E-state index >= 15 is 0 Å². The number of fused-ring (bicyclic) bond motifs is 1. The highest BCUT2D eigenvalue weighted by atomic mass is 32.2. The molecule has 4 aromatic rings. The molecule has 22 nitrogen and oxygen atoms in total. The van der Waals surface area contributed by atoms with E-state index in [0.717, 1.165) is 30.9 Å². The molecule has 3 atom stereocenters. The standard InChI is InChI=1S/C55H72FN11O11S/c1-3-47(68)61-40-11-5-12-41(35-40)62-52-44(56)36-60-54(66-52)63-39-18-20-42(21-19-39)78-43-13-4-10-38(34-43)53(72)67(2)25-29-76-28-24-59-50(71)17-7-16-49(70)58-23-9-27-75-31-33-77-32-30-74-26-8-22-57-48(69)15-6-14-46-51-45(37-79-46)64-55(73)65-51/h3-5,10-13,18-21,34-36,45-46,51H,1,6-9,14-17,22-33,37H2,2H3,(H,57,69)(H,58,70)(H,59,71)(H,61,68)(H2,64,65,73)(H2,60,62,63,66)/t45-,46?,51-/m0/s1. The highest BCUT2D eigenvalue weighted by Crippen LogP contribution is 2.33. The molecular formula is C55H72FN11O11S. The second-order valence-corrected chi connectivity index (χ2v) is 19.6. The first kappa shape index (κ1) is 60.8. The zero-order valence-electron chi connectivity index (χ0n) is 44.5. The van der Waals surface area contributed by atoms with Crippen LogP contribution in [0.15, 0.2) is 91.6 Å². The summed E-state index contributed by atoms with van der Waals surface area (Å²) in [4.78, 5) is 82.9. The van der Waals surface area contributed by atoms with Crippen LogP contribution in [-0.2, 0) is 38.1 Å². The molecule has 2 saturated heterocycles. The molecule has 8 N–H and O–H groups in total. The molecule has 0 bridgehead atoms. The fraction of sp³-hybridized carbons (Fsp3) is 0.455. The number of rotatable bonds is 37. The number of carbonyl (C=O) groups is 6. The van der Waals surface area contributed by atoms with Crippen molar-refractivity contribution in [3.8, 4) is 11.5 Å². The fourth-order valence-corrected chi connectivity index (χ4v) is 9.64. The molecule has 1 aromatic heterocycles. The summed E-state index contributed by atoms with van der Waals surface area (Å²) in [5.41, 5.74) is 2.02. The average Bonchev–Trinajstić information content (AvgIpc) is 4.03. The van der Waals surface area contributed by atoms with Crippen LogP contribution in [0.1, 0.15) is 61.7 Å². The number of hydrogen-bond donors (Lipinski definition) is 8. The Morgan fingerprint density at radius 3 is 2.08 bits per heavy atom. The van der Waals surface area contributed by atoms with Crippen LogP contribution >= 0.6 is 11.8 Å². The molecule has 2 aliphatic heterocycles. The lowest BCUT2D eigenvalue weighted by atomic mass is 10.0. The van der Waals surface area contributed by atoms with Crippen LogP contribution in [0, 0.1) is 5.82 Å². The zero-order chi connectivity index (χ0) is 56.0. The van der Waals surface area contributed by atoms with Crippen molar-refractivity contribution >= 4 is 76.2 Å². The third-order valence-corrected chi connectivity index (χ3v) is 13.7. The summed E-state index contributed by atoms with van der Waals surface area (Å²) in [6.07, 6.45) is 6.57. The van der Waals surface area contributed by atoms with E-state index in [-0.39, 0.29) is 85.5 Å². The van der Waals surface area contributed by atoms with Gasteiger partial charge in [-0.3, -0.25) is 24.0 Å². The number of amides is 7. The molecule has 0 radical (unpaired) electrons. The number of nitrogens with zero attached hydrogens (tertiary/aromatic N) is 3. The van der Waals surface area contributed by atoms with Crippen molar-refractivity contribution in [3.05, 3.63) is 103 Å². The van der Waals surface area contributed by atoms with Crippen LogP contribution in [0.3, 0.4) is 0 Å². The number of aromatic nitrogens is 2. The molecule has 6 rings (SSSR count). The summed E-state index contributed by atoms with van der Waals surface area (Å²) in [5.74, 6) is 0.379. The molecule has 0 aliphatic carbocycles. The van der Waals surface area contributed by atoms with Gasteiger partial charge in [-0.15, -0.1) is 0 Å². The minimum absolute atomic E-state index is 0.0347. The van der Waals surface area contributed by atoms with Gasteiger partial charge in [-0.1, -0.05) is 18.7 Å². The van der Waals surface area contributed by atoms with Gasteiger partial charge in [0.15, 0.2) is 11.6 Å². The number of carbonyl (C=O) groups excluding carboxylic acids is 6. The first-order valence-corrected chi connectivity index (χ1v) is 27.5. The Balaban J connectivity index is 0.710. The molecule has 2 aliphatic rings. The minimum Gasteiger partial charge on any atom is -0.457 e. The smallest absolute Gasteiger partial charge is 0.315 e. The van der Waals surface area contributed by atoms with Gasteiger partial charge in [0.05, 0.1) is 57.9 Å². The quantitative estimate of drug-likeness (QED) is 0.0151. The molecule has 1 unspecified atom stereocenters. The van der Waals surface area contributed by atoms with Crippen molar-refractivity contribution in [2.75, 3.05) is 108 Å². The number of benzene rings is 3. The molecular weight excluding hydrogens is 1040 g/mol. The first-order valence-electron chi connectivity index (χ1n) is 26.5. The van der Waals surface area contributed by atoms with E-state index in [2.05, 4.69) is 59.1 Å². The highest BCUT2D eigenvalue weighted by molar-refractivity contribution is 8.00. The topological polar surface area (TPSA) is 274 Å². The SMILES string of the molecule is C=CC(=O)Nc1cccc(Nc2nc(Nc3ccc(Oc4cccc(C(=O)N(C)CCOCCNC(=O)CCCC(=O)NCCCOCCOCCOCCCNC(=O)CCCC5SC[C@@H]6NC(=O)N[C@H]56)c4)cc3)ncc2F)c1. The van der Waals surface area contributed by atoms with Gasteiger partial charge < -0.3 is 71.1 Å². The maximum atomic E-state index is 14.6. The fourth-order valence-electron chi connectivity index (χ4n) is 8.10. The second-order valence-electron chi connectivity index (χ2n) is 18.4. The van der Waals surface area contributed by atoms with E-state index in [4.69, 9.17) is 23.7 Å². The van der Waals surface area contributed by atoms with Gasteiger partial charge in [0, 0.05) is 99.3 Å². The monoisotopic (exact) mass is 1110 g/mol. The Kier molecular flexibility index (Phi) is 26.0. The normalized spacial score (nSPS) is 15.2. The van der Waals surface area contributed by atoms with E-state index in [0.29, 0.717) is 131 Å². The number of halogens is 1. The lowest BCUT2D eigenvalue weighted by molar-refractivity contribution is -0.123. The number of thioether (sulfide) groups is 1. The van der Waals surface area contributed by atoms with Gasteiger partial charge in [0.25, 0.3) is 5.91 Å². The number of anilines is 5. The molecule has 3 aromatic carbocycles. The number of likely N-dealkylation sites (N-methyl/N-ethyl adjacent to an activating group) is 1. The Morgan fingerprint density at radius 1 is 0.722 bits per heavy atom. The van der Waals surface area contributed by atoms with Crippen LogP contribution in [0.5, 0.6) is 11.5 Å². The van der Waals surface area contributed by atoms with Crippen molar-refractivity contribution in [2.45, 2.75) is 68.7 Å². The van der Waals surface area contributed by atoms with E-state index in [9.17, 15) is 33.2 Å². The first-order chi connectivity index (χ1) is 38.4.